The number of carbonyl (C=O) groups is 1. The number of amides is 1. The van der Waals surface area contributed by atoms with E-state index in [-0.39, 0.29) is 5.56 Å². The van der Waals surface area contributed by atoms with Crippen LogP contribution in [-0.2, 0) is 0 Å². The molecule has 0 saturated heterocycles. The molecule has 0 spiro atoms. The van der Waals surface area contributed by atoms with Crippen LogP contribution in [0.15, 0.2) is 53.3 Å². The van der Waals surface area contributed by atoms with Crippen molar-refractivity contribution < 1.29 is 9.18 Å². The number of benzene rings is 2. The van der Waals surface area contributed by atoms with Crippen molar-refractivity contribution in [2.24, 2.45) is 0 Å². The summed E-state index contributed by atoms with van der Waals surface area (Å²) in [5.41, 5.74) is 1.89. The summed E-state index contributed by atoms with van der Waals surface area (Å²) in [4.78, 5) is 20.4. The Morgan fingerprint density at radius 3 is 2.62 bits per heavy atom. The molecule has 1 N–H and O–H groups in total. The Balaban J connectivity index is 1.90. The largest absolute Gasteiger partial charge is 0.322 e. The van der Waals surface area contributed by atoms with E-state index in [2.05, 4.69) is 31.2 Å². The van der Waals surface area contributed by atoms with Crippen LogP contribution in [-0.4, -0.2) is 15.9 Å². The van der Waals surface area contributed by atoms with Crippen LogP contribution in [0, 0.1) is 5.82 Å². The molecule has 3 rings (SSSR count). The highest BCUT2D eigenvalue weighted by molar-refractivity contribution is 9.10. The molecule has 0 aliphatic rings. The molecule has 6 heteroatoms. The minimum atomic E-state index is -0.573. The van der Waals surface area contributed by atoms with Crippen molar-refractivity contribution in [3.8, 4) is 0 Å². The molecule has 4 nitrogen and oxygen atoms in total. The SMILES string of the molecule is O=C(Nc1ccc2nccnc2c1)c1cc(Br)ccc1F. The minimum absolute atomic E-state index is 0.0244. The number of hydrogen-bond donors (Lipinski definition) is 1. The second-order valence-corrected chi connectivity index (χ2v) is 5.25. The Morgan fingerprint density at radius 2 is 1.81 bits per heavy atom. The molecule has 0 bridgehead atoms. The maximum absolute atomic E-state index is 13.7. The van der Waals surface area contributed by atoms with Gasteiger partial charge >= 0.3 is 0 Å². The van der Waals surface area contributed by atoms with Gasteiger partial charge in [-0.25, -0.2) is 4.39 Å². The minimum Gasteiger partial charge on any atom is -0.322 e. The van der Waals surface area contributed by atoms with Gasteiger partial charge in [0.05, 0.1) is 16.6 Å². The van der Waals surface area contributed by atoms with E-state index < -0.39 is 11.7 Å². The lowest BCUT2D eigenvalue weighted by Crippen LogP contribution is -2.13. The second-order valence-electron chi connectivity index (χ2n) is 4.34. The summed E-state index contributed by atoms with van der Waals surface area (Å²) in [6.45, 7) is 0. The third kappa shape index (κ3) is 2.90. The van der Waals surface area contributed by atoms with Gasteiger partial charge in [-0.05, 0) is 36.4 Å². The summed E-state index contributed by atoms with van der Waals surface area (Å²) < 4.78 is 14.3. The van der Waals surface area contributed by atoms with E-state index in [4.69, 9.17) is 0 Å². The number of nitrogens with zero attached hydrogens (tertiary/aromatic N) is 2. The van der Waals surface area contributed by atoms with E-state index in [1.807, 2.05) is 0 Å². The second kappa shape index (κ2) is 5.57. The average Bonchev–Trinajstić information content (AvgIpc) is 2.49. The van der Waals surface area contributed by atoms with Crippen molar-refractivity contribution in [2.45, 2.75) is 0 Å². The van der Waals surface area contributed by atoms with Gasteiger partial charge in [-0.3, -0.25) is 14.8 Å². The Kier molecular flexibility index (Phi) is 3.62. The molecule has 0 unspecified atom stereocenters. The lowest BCUT2D eigenvalue weighted by Gasteiger charge is -2.07. The molecule has 3 aromatic rings. The van der Waals surface area contributed by atoms with Crippen molar-refractivity contribution in [3.05, 3.63) is 64.6 Å². The van der Waals surface area contributed by atoms with Crippen molar-refractivity contribution in [2.75, 3.05) is 5.32 Å². The quantitative estimate of drug-likeness (QED) is 0.768. The number of carbonyl (C=O) groups excluding carboxylic acids is 1. The van der Waals surface area contributed by atoms with Gasteiger partial charge in [0, 0.05) is 22.6 Å². The van der Waals surface area contributed by atoms with E-state index >= 15 is 0 Å². The van der Waals surface area contributed by atoms with Crippen LogP contribution >= 0.6 is 15.9 Å². The summed E-state index contributed by atoms with van der Waals surface area (Å²) in [5.74, 6) is -1.09. The molecule has 104 valence electrons. The number of aromatic nitrogens is 2. The van der Waals surface area contributed by atoms with Crippen LogP contribution in [0.2, 0.25) is 0 Å². The zero-order valence-corrected chi connectivity index (χ0v) is 12.3. The number of hydrogen-bond acceptors (Lipinski definition) is 3. The first-order valence-corrected chi connectivity index (χ1v) is 6.90. The van der Waals surface area contributed by atoms with Gasteiger partial charge in [-0.15, -0.1) is 0 Å². The highest BCUT2D eigenvalue weighted by atomic mass is 79.9. The molecular formula is C15H9BrFN3O. The molecule has 0 fully saturated rings. The van der Waals surface area contributed by atoms with Gasteiger partial charge in [0.25, 0.3) is 5.91 Å². The standard InChI is InChI=1S/C15H9BrFN3O/c16-9-1-3-12(17)11(7-9)15(21)20-10-2-4-13-14(8-10)19-6-5-18-13/h1-8H,(H,20,21). The molecule has 1 heterocycles. The molecule has 1 aromatic heterocycles. The number of fused-ring (bicyclic) bond motifs is 1. The van der Waals surface area contributed by atoms with Crippen LogP contribution in [0.3, 0.4) is 0 Å². The van der Waals surface area contributed by atoms with Gasteiger partial charge in [0.1, 0.15) is 5.82 Å². The van der Waals surface area contributed by atoms with Crippen molar-refractivity contribution in [1.29, 1.82) is 0 Å². The fourth-order valence-electron chi connectivity index (χ4n) is 1.91. The molecule has 0 aliphatic heterocycles. The molecular weight excluding hydrogens is 337 g/mol. The topological polar surface area (TPSA) is 54.9 Å². The highest BCUT2D eigenvalue weighted by Gasteiger charge is 2.12. The molecule has 21 heavy (non-hydrogen) atoms. The summed E-state index contributed by atoms with van der Waals surface area (Å²) in [5, 5.41) is 2.65. The van der Waals surface area contributed by atoms with Crippen LogP contribution < -0.4 is 5.32 Å². The van der Waals surface area contributed by atoms with E-state index in [1.54, 1.807) is 30.6 Å². The van der Waals surface area contributed by atoms with E-state index in [0.29, 0.717) is 15.7 Å². The Bertz CT molecular complexity index is 838. The molecule has 1 amide bonds. The van der Waals surface area contributed by atoms with Gasteiger partial charge in [-0.2, -0.15) is 0 Å². The Hall–Kier alpha value is -2.34. The average molecular weight is 346 g/mol. The first-order valence-electron chi connectivity index (χ1n) is 6.11. The van der Waals surface area contributed by atoms with Crippen LogP contribution in [0.25, 0.3) is 11.0 Å². The van der Waals surface area contributed by atoms with Crippen LogP contribution in [0.1, 0.15) is 10.4 Å². The smallest absolute Gasteiger partial charge is 0.258 e. The zero-order valence-electron chi connectivity index (χ0n) is 10.7. The van der Waals surface area contributed by atoms with Gasteiger partial charge in [-0.1, -0.05) is 15.9 Å². The normalized spacial score (nSPS) is 10.6. The number of nitrogens with one attached hydrogen (secondary N) is 1. The summed E-state index contributed by atoms with van der Waals surface area (Å²) >= 11 is 3.22. The fourth-order valence-corrected chi connectivity index (χ4v) is 2.27. The van der Waals surface area contributed by atoms with E-state index in [1.165, 1.54) is 18.2 Å². The number of anilines is 1. The van der Waals surface area contributed by atoms with E-state index in [0.717, 1.165) is 5.52 Å². The van der Waals surface area contributed by atoms with E-state index in [9.17, 15) is 9.18 Å². The maximum atomic E-state index is 13.7. The van der Waals surface area contributed by atoms with Gasteiger partial charge in [0.15, 0.2) is 0 Å². The molecule has 0 saturated carbocycles. The monoisotopic (exact) mass is 345 g/mol. The maximum Gasteiger partial charge on any atom is 0.258 e. The van der Waals surface area contributed by atoms with Gasteiger partial charge < -0.3 is 5.32 Å². The van der Waals surface area contributed by atoms with Crippen molar-refractivity contribution in [3.63, 3.8) is 0 Å². The summed E-state index contributed by atoms with van der Waals surface area (Å²) in [7, 11) is 0. The van der Waals surface area contributed by atoms with Crippen molar-refractivity contribution in [1.82, 2.24) is 9.97 Å². The lowest BCUT2D eigenvalue weighted by atomic mass is 10.2. The lowest BCUT2D eigenvalue weighted by molar-refractivity contribution is 0.102. The third-order valence-corrected chi connectivity index (χ3v) is 3.39. The highest BCUT2D eigenvalue weighted by Crippen LogP contribution is 2.19. The van der Waals surface area contributed by atoms with Crippen molar-refractivity contribution >= 4 is 38.6 Å². The summed E-state index contributed by atoms with van der Waals surface area (Å²) in [6.07, 6.45) is 3.17. The first kappa shape index (κ1) is 13.6. The number of rotatable bonds is 2. The predicted molar refractivity (Wildman–Crippen MR) is 81.6 cm³/mol. The zero-order chi connectivity index (χ0) is 14.8. The number of halogens is 2. The predicted octanol–water partition coefficient (Wildman–Crippen LogP) is 3.78. The molecule has 2 aromatic carbocycles. The third-order valence-electron chi connectivity index (χ3n) is 2.90. The summed E-state index contributed by atoms with van der Waals surface area (Å²) in [6, 6.07) is 9.35. The molecule has 0 aliphatic carbocycles. The van der Waals surface area contributed by atoms with Gasteiger partial charge in [0.2, 0.25) is 0 Å². The fraction of sp³-hybridized carbons (Fsp3) is 0. The Labute approximate surface area is 128 Å². The molecule has 0 atom stereocenters. The molecule has 0 radical (unpaired) electrons. The Morgan fingerprint density at radius 1 is 1.05 bits per heavy atom. The van der Waals surface area contributed by atoms with Crippen LogP contribution in [0.5, 0.6) is 0 Å². The first-order chi connectivity index (χ1) is 10.1. The van der Waals surface area contributed by atoms with Crippen LogP contribution in [0.4, 0.5) is 10.1 Å².